The van der Waals surface area contributed by atoms with Gasteiger partial charge in [0.05, 0.1) is 0 Å². The maximum absolute atomic E-state index is 12.6. The van der Waals surface area contributed by atoms with Crippen molar-refractivity contribution in [3.8, 4) is 0 Å². The van der Waals surface area contributed by atoms with Gasteiger partial charge >= 0.3 is 0 Å². The molecule has 1 saturated carbocycles. The molecule has 1 aliphatic carbocycles. The van der Waals surface area contributed by atoms with E-state index in [1.165, 1.54) is 0 Å². The van der Waals surface area contributed by atoms with Gasteiger partial charge in [0.1, 0.15) is 0 Å². The van der Waals surface area contributed by atoms with E-state index >= 15 is 0 Å². The first-order chi connectivity index (χ1) is 6.49. The quantitative estimate of drug-likeness (QED) is 0.754. The molecule has 3 atom stereocenters. The van der Waals surface area contributed by atoms with Crippen molar-refractivity contribution >= 4 is 0 Å². The predicted molar refractivity (Wildman–Crippen MR) is 51.3 cm³/mol. The summed E-state index contributed by atoms with van der Waals surface area (Å²) in [5, 5.41) is 0. The highest BCUT2D eigenvalue weighted by molar-refractivity contribution is 4.96. The van der Waals surface area contributed by atoms with Gasteiger partial charge in [0.25, 0.3) is 5.92 Å². The van der Waals surface area contributed by atoms with Gasteiger partial charge in [0, 0.05) is 31.0 Å². The van der Waals surface area contributed by atoms with E-state index in [1.807, 2.05) is 0 Å². The molecule has 2 fully saturated rings. The van der Waals surface area contributed by atoms with Gasteiger partial charge in [-0.2, -0.15) is 0 Å². The van der Waals surface area contributed by atoms with E-state index in [9.17, 15) is 8.78 Å². The Morgan fingerprint density at radius 1 is 1.50 bits per heavy atom. The zero-order valence-corrected chi connectivity index (χ0v) is 8.55. The third kappa shape index (κ3) is 2.06. The van der Waals surface area contributed by atoms with Crippen LogP contribution in [0, 0.1) is 5.92 Å². The summed E-state index contributed by atoms with van der Waals surface area (Å²) >= 11 is 0. The monoisotopic (exact) mass is 204 g/mol. The molecule has 14 heavy (non-hydrogen) atoms. The van der Waals surface area contributed by atoms with Crippen LogP contribution in [0.4, 0.5) is 8.78 Å². The Morgan fingerprint density at radius 3 is 2.57 bits per heavy atom. The van der Waals surface area contributed by atoms with Gasteiger partial charge < -0.3 is 5.73 Å². The molecule has 0 spiro atoms. The van der Waals surface area contributed by atoms with Crippen LogP contribution in [0.15, 0.2) is 0 Å². The largest absolute Gasteiger partial charge is 0.326 e. The molecule has 2 nitrogen and oxygen atoms in total. The maximum Gasteiger partial charge on any atom is 0.251 e. The molecule has 0 aromatic rings. The molecular formula is C10H18F2N2. The average Bonchev–Trinajstić information content (AvgIpc) is 2.53. The first kappa shape index (κ1) is 10.3. The molecule has 1 heterocycles. The van der Waals surface area contributed by atoms with E-state index in [-0.39, 0.29) is 18.4 Å². The van der Waals surface area contributed by atoms with Gasteiger partial charge in [0.2, 0.25) is 0 Å². The molecule has 0 radical (unpaired) electrons. The van der Waals surface area contributed by atoms with Gasteiger partial charge in [-0.3, -0.25) is 4.90 Å². The van der Waals surface area contributed by atoms with Crippen LogP contribution in [0.1, 0.15) is 26.2 Å². The SMILES string of the molecule is CC1CC(N)CN1CCC1CC1(F)F. The Morgan fingerprint density at radius 2 is 2.14 bits per heavy atom. The summed E-state index contributed by atoms with van der Waals surface area (Å²) < 4.78 is 25.2. The molecular weight excluding hydrogens is 186 g/mol. The van der Waals surface area contributed by atoms with Gasteiger partial charge in [0.15, 0.2) is 0 Å². The summed E-state index contributed by atoms with van der Waals surface area (Å²) in [6.07, 6.45) is 1.73. The molecule has 0 bridgehead atoms. The summed E-state index contributed by atoms with van der Waals surface area (Å²) in [6, 6.07) is 0.710. The Balaban J connectivity index is 1.71. The van der Waals surface area contributed by atoms with Crippen LogP contribution in [0.25, 0.3) is 0 Å². The fourth-order valence-corrected chi connectivity index (χ4v) is 2.36. The lowest BCUT2D eigenvalue weighted by Gasteiger charge is -2.20. The zero-order valence-electron chi connectivity index (χ0n) is 8.55. The molecule has 82 valence electrons. The number of alkyl halides is 2. The molecule has 4 heteroatoms. The number of rotatable bonds is 3. The van der Waals surface area contributed by atoms with Crippen molar-refractivity contribution in [2.45, 2.75) is 44.2 Å². The van der Waals surface area contributed by atoms with E-state index in [4.69, 9.17) is 5.73 Å². The highest BCUT2D eigenvalue weighted by atomic mass is 19.3. The van der Waals surface area contributed by atoms with Gasteiger partial charge in [-0.1, -0.05) is 0 Å². The molecule has 0 aromatic carbocycles. The van der Waals surface area contributed by atoms with Crippen molar-refractivity contribution in [2.24, 2.45) is 11.7 Å². The molecule has 2 aliphatic rings. The van der Waals surface area contributed by atoms with E-state index in [0.29, 0.717) is 12.5 Å². The van der Waals surface area contributed by atoms with Crippen LogP contribution in [0.3, 0.4) is 0 Å². The molecule has 0 aromatic heterocycles. The molecule has 1 aliphatic heterocycles. The molecule has 2 rings (SSSR count). The molecule has 2 N–H and O–H groups in total. The number of nitrogens with zero attached hydrogens (tertiary/aromatic N) is 1. The topological polar surface area (TPSA) is 29.3 Å². The zero-order chi connectivity index (χ0) is 10.3. The van der Waals surface area contributed by atoms with E-state index in [1.54, 1.807) is 0 Å². The summed E-state index contributed by atoms with van der Waals surface area (Å²) in [5.74, 6) is -2.71. The number of nitrogens with two attached hydrogens (primary N) is 1. The van der Waals surface area contributed by atoms with Crippen LogP contribution in [0.5, 0.6) is 0 Å². The second-order valence-electron chi connectivity index (χ2n) is 4.79. The van der Waals surface area contributed by atoms with Crippen LogP contribution < -0.4 is 5.73 Å². The van der Waals surface area contributed by atoms with Gasteiger partial charge in [-0.25, -0.2) is 8.78 Å². The molecule has 1 saturated heterocycles. The Hall–Kier alpha value is -0.220. The van der Waals surface area contributed by atoms with Crippen LogP contribution in [-0.4, -0.2) is 36.0 Å². The normalized spacial score (nSPS) is 41.6. The lowest BCUT2D eigenvalue weighted by atomic mass is 10.2. The van der Waals surface area contributed by atoms with Crippen molar-refractivity contribution in [3.63, 3.8) is 0 Å². The van der Waals surface area contributed by atoms with Crippen molar-refractivity contribution in [3.05, 3.63) is 0 Å². The van der Waals surface area contributed by atoms with E-state index < -0.39 is 5.92 Å². The van der Waals surface area contributed by atoms with Crippen LogP contribution in [-0.2, 0) is 0 Å². The van der Waals surface area contributed by atoms with Crippen molar-refractivity contribution < 1.29 is 8.78 Å². The Labute approximate surface area is 83.4 Å². The number of halogens is 2. The summed E-state index contributed by atoms with van der Waals surface area (Å²) in [5.41, 5.74) is 5.80. The summed E-state index contributed by atoms with van der Waals surface area (Å²) in [7, 11) is 0. The number of hydrogen-bond acceptors (Lipinski definition) is 2. The third-order valence-electron chi connectivity index (χ3n) is 3.46. The molecule has 0 amide bonds. The number of likely N-dealkylation sites (tertiary alicyclic amines) is 1. The first-order valence-electron chi connectivity index (χ1n) is 5.36. The minimum absolute atomic E-state index is 0.0985. The second kappa shape index (κ2) is 3.42. The van der Waals surface area contributed by atoms with Crippen LogP contribution >= 0.6 is 0 Å². The van der Waals surface area contributed by atoms with Gasteiger partial charge in [-0.15, -0.1) is 0 Å². The standard InChI is InChI=1S/C10H18F2N2/c1-7-4-9(13)6-14(7)3-2-8-5-10(8,11)12/h7-9H,2-6,13H2,1H3. The Bertz CT molecular complexity index is 220. The smallest absolute Gasteiger partial charge is 0.251 e. The minimum atomic E-state index is -2.36. The lowest BCUT2D eigenvalue weighted by molar-refractivity contribution is 0.0933. The average molecular weight is 204 g/mol. The Kier molecular flexibility index (Phi) is 2.52. The van der Waals surface area contributed by atoms with E-state index in [2.05, 4.69) is 11.8 Å². The van der Waals surface area contributed by atoms with Crippen molar-refractivity contribution in [1.29, 1.82) is 0 Å². The highest BCUT2D eigenvalue weighted by Crippen LogP contribution is 2.50. The summed E-state index contributed by atoms with van der Waals surface area (Å²) in [6.45, 7) is 3.78. The van der Waals surface area contributed by atoms with E-state index in [0.717, 1.165) is 19.5 Å². The second-order valence-corrected chi connectivity index (χ2v) is 4.79. The number of hydrogen-bond donors (Lipinski definition) is 1. The third-order valence-corrected chi connectivity index (χ3v) is 3.46. The minimum Gasteiger partial charge on any atom is -0.326 e. The predicted octanol–water partition coefficient (Wildman–Crippen LogP) is 1.45. The van der Waals surface area contributed by atoms with Crippen LogP contribution in [0.2, 0.25) is 0 Å². The lowest BCUT2D eigenvalue weighted by Crippen LogP contribution is -2.30. The van der Waals surface area contributed by atoms with Crippen molar-refractivity contribution in [2.75, 3.05) is 13.1 Å². The maximum atomic E-state index is 12.6. The highest BCUT2D eigenvalue weighted by Gasteiger charge is 2.56. The summed E-state index contributed by atoms with van der Waals surface area (Å²) in [4.78, 5) is 2.24. The fourth-order valence-electron chi connectivity index (χ4n) is 2.36. The fraction of sp³-hybridized carbons (Fsp3) is 1.00. The van der Waals surface area contributed by atoms with Crippen molar-refractivity contribution in [1.82, 2.24) is 4.90 Å². The molecule has 3 unspecified atom stereocenters. The first-order valence-corrected chi connectivity index (χ1v) is 5.36. The van der Waals surface area contributed by atoms with Gasteiger partial charge in [-0.05, 0) is 26.3 Å².